The molecule has 0 aliphatic carbocycles. The molecule has 212 valence electrons. The zero-order chi connectivity index (χ0) is 28.5. The number of ether oxygens (including phenoxy) is 1. The van der Waals surface area contributed by atoms with Crippen LogP contribution in [-0.2, 0) is 23.9 Å². The Morgan fingerprint density at radius 3 is 2.31 bits per heavy atom. The molecule has 0 unspecified atom stereocenters. The number of nitrogens with zero attached hydrogens (tertiary/aromatic N) is 1. The van der Waals surface area contributed by atoms with E-state index in [0.717, 1.165) is 43.7 Å². The molecule has 0 aliphatic rings. The number of carbonyl (C=O) groups excluding carboxylic acids is 1. The van der Waals surface area contributed by atoms with Crippen LogP contribution in [0.5, 0.6) is 5.75 Å². The summed E-state index contributed by atoms with van der Waals surface area (Å²) >= 11 is 0. The van der Waals surface area contributed by atoms with Crippen LogP contribution in [0.2, 0.25) is 0 Å². The fourth-order valence-electron chi connectivity index (χ4n) is 4.50. The van der Waals surface area contributed by atoms with Crippen molar-refractivity contribution in [1.29, 1.82) is 0 Å². The molecule has 0 saturated heterocycles. The first-order chi connectivity index (χ1) is 18.6. The van der Waals surface area contributed by atoms with Crippen LogP contribution in [0.3, 0.4) is 0 Å². The molecule has 0 radical (unpaired) electrons. The van der Waals surface area contributed by atoms with Crippen LogP contribution in [-0.4, -0.2) is 31.0 Å². The maximum atomic E-state index is 12.6. The standard InChI is InChI=1S/C34H48N2O3/c1-8-33(3,4)27-17-19-30(29(23-27)34(5,6)9-2)38-22-14-13-21-35-32(37)31-20-18-28(39-31)25-36(7)24-26-15-11-10-12-16-26/h10-12,15-20,23H,8-9,13-14,21-22,24-25H2,1-7H3,(H,35,37). The van der Waals surface area contributed by atoms with Crippen molar-refractivity contribution in [3.8, 4) is 5.75 Å². The lowest BCUT2D eigenvalue weighted by Gasteiger charge is -2.30. The van der Waals surface area contributed by atoms with Crippen molar-refractivity contribution in [3.05, 3.63) is 88.9 Å². The van der Waals surface area contributed by atoms with E-state index in [0.29, 0.717) is 25.5 Å². The number of unbranched alkanes of at least 4 members (excludes halogenated alkanes) is 1. The molecular formula is C34H48N2O3. The summed E-state index contributed by atoms with van der Waals surface area (Å²) in [4.78, 5) is 14.7. The number of hydrogen-bond acceptors (Lipinski definition) is 4. The van der Waals surface area contributed by atoms with Gasteiger partial charge in [0.1, 0.15) is 11.5 Å². The quantitative estimate of drug-likeness (QED) is 0.202. The van der Waals surface area contributed by atoms with Gasteiger partial charge in [0.2, 0.25) is 0 Å². The molecule has 5 nitrogen and oxygen atoms in total. The number of amides is 1. The molecule has 0 atom stereocenters. The van der Waals surface area contributed by atoms with Gasteiger partial charge in [-0.1, -0.05) is 84.0 Å². The molecule has 3 aromatic rings. The Labute approximate surface area is 235 Å². The number of hydrogen-bond donors (Lipinski definition) is 1. The Bertz CT molecular complexity index is 1180. The first kappa shape index (κ1) is 30.5. The first-order valence-electron chi connectivity index (χ1n) is 14.4. The highest BCUT2D eigenvalue weighted by Crippen LogP contribution is 2.38. The SMILES string of the molecule is CCC(C)(C)c1ccc(OCCCCNC(=O)c2ccc(CN(C)Cc3ccccc3)o2)c(C(C)(C)CC)c1. The van der Waals surface area contributed by atoms with E-state index in [1.54, 1.807) is 6.07 Å². The van der Waals surface area contributed by atoms with Gasteiger partial charge < -0.3 is 14.5 Å². The molecule has 0 spiro atoms. The third kappa shape index (κ3) is 8.72. The van der Waals surface area contributed by atoms with E-state index < -0.39 is 0 Å². The van der Waals surface area contributed by atoms with E-state index in [4.69, 9.17) is 9.15 Å². The van der Waals surface area contributed by atoms with Crippen molar-refractivity contribution >= 4 is 5.91 Å². The van der Waals surface area contributed by atoms with Crippen LogP contribution < -0.4 is 10.1 Å². The Balaban J connectivity index is 1.44. The average Bonchev–Trinajstić information content (AvgIpc) is 3.39. The van der Waals surface area contributed by atoms with Crippen LogP contribution in [0.1, 0.15) is 100 Å². The summed E-state index contributed by atoms with van der Waals surface area (Å²) in [5.41, 5.74) is 4.07. The zero-order valence-corrected chi connectivity index (χ0v) is 25.1. The van der Waals surface area contributed by atoms with Gasteiger partial charge in [0.25, 0.3) is 5.91 Å². The largest absolute Gasteiger partial charge is 0.493 e. The minimum absolute atomic E-state index is 0.0430. The highest BCUT2D eigenvalue weighted by Gasteiger charge is 2.26. The number of carbonyl (C=O) groups is 1. The van der Waals surface area contributed by atoms with Crippen LogP contribution >= 0.6 is 0 Å². The number of furan rings is 1. The van der Waals surface area contributed by atoms with E-state index in [9.17, 15) is 4.79 Å². The Morgan fingerprint density at radius 2 is 1.62 bits per heavy atom. The molecule has 0 saturated carbocycles. The number of benzene rings is 2. The van der Waals surface area contributed by atoms with Gasteiger partial charge in [-0.05, 0) is 72.9 Å². The lowest BCUT2D eigenvalue weighted by atomic mass is 9.76. The molecule has 39 heavy (non-hydrogen) atoms. The number of nitrogens with one attached hydrogen (secondary N) is 1. The zero-order valence-electron chi connectivity index (χ0n) is 25.1. The first-order valence-corrected chi connectivity index (χ1v) is 14.4. The van der Waals surface area contributed by atoms with Crippen molar-refractivity contribution in [1.82, 2.24) is 10.2 Å². The Kier molecular flexibility index (Phi) is 10.8. The monoisotopic (exact) mass is 532 g/mol. The second-order valence-electron chi connectivity index (χ2n) is 11.9. The van der Waals surface area contributed by atoms with Crippen molar-refractivity contribution in [2.75, 3.05) is 20.2 Å². The van der Waals surface area contributed by atoms with E-state index in [2.05, 4.69) is 82.1 Å². The predicted octanol–water partition coefficient (Wildman–Crippen LogP) is 7.88. The Morgan fingerprint density at radius 1 is 0.897 bits per heavy atom. The van der Waals surface area contributed by atoms with Gasteiger partial charge in [0.15, 0.2) is 5.76 Å². The minimum atomic E-state index is -0.172. The van der Waals surface area contributed by atoms with E-state index >= 15 is 0 Å². The minimum Gasteiger partial charge on any atom is -0.493 e. The maximum absolute atomic E-state index is 12.6. The molecular weight excluding hydrogens is 484 g/mol. The fraction of sp³-hybridized carbons (Fsp3) is 0.500. The summed E-state index contributed by atoms with van der Waals surface area (Å²) in [6.45, 7) is 16.3. The van der Waals surface area contributed by atoms with Crippen molar-refractivity contribution < 1.29 is 13.9 Å². The predicted molar refractivity (Wildman–Crippen MR) is 160 cm³/mol. The van der Waals surface area contributed by atoms with Gasteiger partial charge >= 0.3 is 0 Å². The van der Waals surface area contributed by atoms with Gasteiger partial charge in [-0.25, -0.2) is 0 Å². The summed E-state index contributed by atoms with van der Waals surface area (Å²) < 4.78 is 12.1. The van der Waals surface area contributed by atoms with Gasteiger partial charge in [-0.2, -0.15) is 0 Å². The summed E-state index contributed by atoms with van der Waals surface area (Å²) in [5, 5.41) is 2.98. The second-order valence-corrected chi connectivity index (χ2v) is 11.9. The molecule has 1 N–H and O–H groups in total. The molecule has 5 heteroatoms. The lowest BCUT2D eigenvalue weighted by molar-refractivity contribution is 0.0921. The molecule has 3 rings (SSSR count). The third-order valence-electron chi connectivity index (χ3n) is 7.98. The van der Waals surface area contributed by atoms with E-state index in [1.807, 2.05) is 31.3 Å². The van der Waals surface area contributed by atoms with Crippen molar-refractivity contribution in [3.63, 3.8) is 0 Å². The van der Waals surface area contributed by atoms with Crippen LogP contribution in [0, 0.1) is 0 Å². The van der Waals surface area contributed by atoms with Gasteiger partial charge in [-0.15, -0.1) is 0 Å². The molecule has 1 heterocycles. The molecule has 1 amide bonds. The lowest BCUT2D eigenvalue weighted by Crippen LogP contribution is -2.24. The number of rotatable bonds is 15. The molecule has 0 aliphatic heterocycles. The average molecular weight is 533 g/mol. The highest BCUT2D eigenvalue weighted by atomic mass is 16.5. The summed E-state index contributed by atoms with van der Waals surface area (Å²) in [6.07, 6.45) is 3.84. The maximum Gasteiger partial charge on any atom is 0.286 e. The van der Waals surface area contributed by atoms with Gasteiger partial charge in [-0.3, -0.25) is 9.69 Å². The van der Waals surface area contributed by atoms with Crippen LogP contribution in [0.25, 0.3) is 0 Å². The van der Waals surface area contributed by atoms with E-state index in [-0.39, 0.29) is 16.7 Å². The Hall–Kier alpha value is -3.05. The topological polar surface area (TPSA) is 54.7 Å². The van der Waals surface area contributed by atoms with Gasteiger partial charge in [0, 0.05) is 18.7 Å². The summed E-state index contributed by atoms with van der Waals surface area (Å²) in [7, 11) is 2.05. The second kappa shape index (κ2) is 13.8. The van der Waals surface area contributed by atoms with E-state index in [1.165, 1.54) is 16.7 Å². The normalized spacial score (nSPS) is 12.1. The molecule has 0 fully saturated rings. The highest BCUT2D eigenvalue weighted by molar-refractivity contribution is 5.91. The summed E-state index contributed by atoms with van der Waals surface area (Å²) in [5.74, 6) is 1.94. The smallest absolute Gasteiger partial charge is 0.286 e. The van der Waals surface area contributed by atoms with Gasteiger partial charge in [0.05, 0.1) is 13.2 Å². The van der Waals surface area contributed by atoms with Crippen LogP contribution in [0.15, 0.2) is 65.1 Å². The van der Waals surface area contributed by atoms with Crippen molar-refractivity contribution in [2.24, 2.45) is 0 Å². The third-order valence-corrected chi connectivity index (χ3v) is 7.98. The molecule has 1 aromatic heterocycles. The van der Waals surface area contributed by atoms with Crippen molar-refractivity contribution in [2.45, 2.75) is 91.1 Å². The molecule has 2 aromatic carbocycles. The van der Waals surface area contributed by atoms with Crippen LogP contribution in [0.4, 0.5) is 0 Å². The fourth-order valence-corrected chi connectivity index (χ4v) is 4.50. The molecule has 0 bridgehead atoms. The summed E-state index contributed by atoms with van der Waals surface area (Å²) in [6, 6.07) is 20.7.